The van der Waals surface area contributed by atoms with Crippen molar-refractivity contribution >= 4 is 29.9 Å². The summed E-state index contributed by atoms with van der Waals surface area (Å²) < 4.78 is 0. The molecule has 1 aromatic rings. The molecule has 2 amide bonds. The third-order valence-electron chi connectivity index (χ3n) is 4.29. The van der Waals surface area contributed by atoms with Gasteiger partial charge in [-0.05, 0) is 31.4 Å². The van der Waals surface area contributed by atoms with E-state index in [2.05, 4.69) is 12.2 Å². The van der Waals surface area contributed by atoms with Gasteiger partial charge in [0.15, 0.2) is 0 Å². The topological polar surface area (TPSA) is 75.4 Å². The maximum absolute atomic E-state index is 12.6. The van der Waals surface area contributed by atoms with Gasteiger partial charge in [0.1, 0.15) is 0 Å². The number of para-hydroxylation sites is 1. The predicted molar refractivity (Wildman–Crippen MR) is 99.7 cm³/mol. The minimum atomic E-state index is -0.164. The Balaban J connectivity index is 0.00000288. The first-order valence-corrected chi connectivity index (χ1v) is 8.46. The molecular formula is C18H28ClN3O2. The van der Waals surface area contributed by atoms with E-state index < -0.39 is 0 Å². The first-order valence-electron chi connectivity index (χ1n) is 8.46. The number of carbonyl (C=O) groups excluding carboxylic acids is 2. The van der Waals surface area contributed by atoms with Crippen LogP contribution in [0.5, 0.6) is 0 Å². The molecule has 0 heterocycles. The first-order chi connectivity index (χ1) is 11.1. The van der Waals surface area contributed by atoms with Crippen LogP contribution in [0.15, 0.2) is 24.3 Å². The number of carbonyl (C=O) groups is 2. The van der Waals surface area contributed by atoms with Crippen LogP contribution in [-0.4, -0.2) is 31.4 Å². The number of hydrogen-bond acceptors (Lipinski definition) is 3. The lowest BCUT2D eigenvalue weighted by atomic mass is 10.1. The van der Waals surface area contributed by atoms with Crippen LogP contribution < -0.4 is 16.0 Å². The highest BCUT2D eigenvalue weighted by atomic mass is 35.5. The van der Waals surface area contributed by atoms with Gasteiger partial charge in [-0.15, -0.1) is 12.4 Å². The number of hydrogen-bond donors (Lipinski definition) is 2. The van der Waals surface area contributed by atoms with Crippen molar-refractivity contribution in [3.8, 4) is 0 Å². The van der Waals surface area contributed by atoms with Crippen molar-refractivity contribution in [1.29, 1.82) is 0 Å². The van der Waals surface area contributed by atoms with Crippen molar-refractivity contribution in [3.05, 3.63) is 29.8 Å². The zero-order chi connectivity index (χ0) is 16.8. The number of halogens is 1. The van der Waals surface area contributed by atoms with Crippen LogP contribution in [0.3, 0.4) is 0 Å². The number of unbranched alkanes of at least 4 members (excludes halogenated alkanes) is 1. The van der Waals surface area contributed by atoms with Crippen molar-refractivity contribution < 1.29 is 9.59 Å². The lowest BCUT2D eigenvalue weighted by Gasteiger charge is -2.22. The Morgan fingerprint density at radius 2 is 2.00 bits per heavy atom. The van der Waals surface area contributed by atoms with Gasteiger partial charge in [-0.25, -0.2) is 0 Å². The molecule has 134 valence electrons. The Kier molecular flexibility index (Phi) is 8.22. The Labute approximate surface area is 150 Å². The lowest BCUT2D eigenvalue weighted by Crippen LogP contribution is -2.41. The number of nitrogens with zero attached hydrogens (tertiary/aromatic N) is 1. The quantitative estimate of drug-likeness (QED) is 0.754. The summed E-state index contributed by atoms with van der Waals surface area (Å²) in [5.74, 6) is 0.0478. The third-order valence-corrected chi connectivity index (χ3v) is 4.29. The highest BCUT2D eigenvalue weighted by molar-refractivity contribution is 6.05. The molecule has 3 N–H and O–H groups in total. The van der Waals surface area contributed by atoms with E-state index in [4.69, 9.17) is 5.73 Å². The van der Waals surface area contributed by atoms with E-state index >= 15 is 0 Å². The van der Waals surface area contributed by atoms with Gasteiger partial charge in [0.05, 0.1) is 11.3 Å². The minimum absolute atomic E-state index is 0. The van der Waals surface area contributed by atoms with E-state index in [-0.39, 0.29) is 36.2 Å². The molecule has 0 bridgehead atoms. The van der Waals surface area contributed by atoms with E-state index in [1.165, 1.54) is 0 Å². The molecule has 24 heavy (non-hydrogen) atoms. The largest absolute Gasteiger partial charge is 0.348 e. The molecule has 2 rings (SSSR count). The summed E-state index contributed by atoms with van der Waals surface area (Å²) >= 11 is 0. The second-order valence-electron chi connectivity index (χ2n) is 6.24. The second-order valence-corrected chi connectivity index (χ2v) is 6.24. The van der Waals surface area contributed by atoms with Crippen molar-refractivity contribution in [2.75, 3.05) is 18.5 Å². The molecule has 0 saturated heterocycles. The molecule has 1 aliphatic carbocycles. The first kappa shape index (κ1) is 20.5. The van der Waals surface area contributed by atoms with Gasteiger partial charge in [0.2, 0.25) is 5.91 Å². The maximum Gasteiger partial charge on any atom is 0.253 e. The van der Waals surface area contributed by atoms with Crippen LogP contribution in [0.4, 0.5) is 5.69 Å². The minimum Gasteiger partial charge on any atom is -0.348 e. The Morgan fingerprint density at radius 3 is 2.58 bits per heavy atom. The maximum atomic E-state index is 12.6. The number of nitrogens with two attached hydrogens (primary N) is 1. The fourth-order valence-corrected chi connectivity index (χ4v) is 2.64. The van der Waals surface area contributed by atoms with Gasteiger partial charge in [-0.1, -0.05) is 31.9 Å². The van der Waals surface area contributed by atoms with E-state index in [0.29, 0.717) is 17.8 Å². The van der Waals surface area contributed by atoms with E-state index in [9.17, 15) is 9.59 Å². The predicted octanol–water partition coefficient (Wildman–Crippen LogP) is 2.73. The van der Waals surface area contributed by atoms with Crippen LogP contribution in [0.25, 0.3) is 0 Å². The van der Waals surface area contributed by atoms with Crippen molar-refractivity contribution in [2.45, 2.75) is 45.1 Å². The molecule has 0 spiro atoms. The standard InChI is InChI=1S/C18H27N3O2.ClH/c1-3-4-7-14(12-19)20-17(22)15-8-5-6-9-16(15)21(2)18(23)13-10-11-13;/h5-6,8-9,13-14H,3-4,7,10-12,19H2,1-2H3,(H,20,22);1H. The Bertz CT molecular complexity index is 561. The molecular weight excluding hydrogens is 326 g/mol. The number of amides is 2. The van der Waals surface area contributed by atoms with Crippen LogP contribution >= 0.6 is 12.4 Å². The molecule has 0 aliphatic heterocycles. The molecule has 1 aromatic carbocycles. The van der Waals surface area contributed by atoms with Crippen molar-refractivity contribution in [1.82, 2.24) is 5.32 Å². The summed E-state index contributed by atoms with van der Waals surface area (Å²) in [5.41, 5.74) is 6.94. The fraction of sp³-hybridized carbons (Fsp3) is 0.556. The summed E-state index contributed by atoms with van der Waals surface area (Å²) in [4.78, 5) is 26.5. The molecule has 1 unspecified atom stereocenters. The highest BCUT2D eigenvalue weighted by Gasteiger charge is 2.33. The average Bonchev–Trinajstić information content (AvgIpc) is 3.42. The summed E-state index contributed by atoms with van der Waals surface area (Å²) in [6.07, 6.45) is 4.87. The van der Waals surface area contributed by atoms with Crippen molar-refractivity contribution in [2.24, 2.45) is 11.7 Å². The van der Waals surface area contributed by atoms with Crippen LogP contribution in [0.2, 0.25) is 0 Å². The smallest absolute Gasteiger partial charge is 0.253 e. The zero-order valence-electron chi connectivity index (χ0n) is 14.5. The van der Waals surface area contributed by atoms with Crippen LogP contribution in [-0.2, 0) is 4.79 Å². The van der Waals surface area contributed by atoms with Gasteiger partial charge in [-0.2, -0.15) is 0 Å². The summed E-state index contributed by atoms with van der Waals surface area (Å²) in [6, 6.07) is 7.21. The van der Waals surface area contributed by atoms with E-state index in [1.54, 1.807) is 18.0 Å². The highest BCUT2D eigenvalue weighted by Crippen LogP contribution is 2.33. The lowest BCUT2D eigenvalue weighted by molar-refractivity contribution is -0.119. The third kappa shape index (κ3) is 5.21. The van der Waals surface area contributed by atoms with Gasteiger partial charge in [-0.3, -0.25) is 9.59 Å². The van der Waals surface area contributed by atoms with Crippen LogP contribution in [0.1, 0.15) is 49.4 Å². The number of benzene rings is 1. The molecule has 5 nitrogen and oxygen atoms in total. The molecule has 6 heteroatoms. The summed E-state index contributed by atoms with van der Waals surface area (Å²) in [6.45, 7) is 2.54. The number of anilines is 1. The average molecular weight is 354 g/mol. The van der Waals surface area contributed by atoms with E-state index in [0.717, 1.165) is 32.1 Å². The molecule has 1 aliphatic rings. The Morgan fingerprint density at radius 1 is 1.33 bits per heavy atom. The number of rotatable bonds is 8. The second kappa shape index (κ2) is 9.64. The molecule has 0 radical (unpaired) electrons. The zero-order valence-corrected chi connectivity index (χ0v) is 15.3. The van der Waals surface area contributed by atoms with E-state index in [1.807, 2.05) is 18.2 Å². The van der Waals surface area contributed by atoms with Gasteiger partial charge in [0.25, 0.3) is 5.91 Å². The molecule has 0 aromatic heterocycles. The molecule has 1 saturated carbocycles. The fourth-order valence-electron chi connectivity index (χ4n) is 2.64. The summed E-state index contributed by atoms with van der Waals surface area (Å²) in [5, 5.41) is 2.99. The monoisotopic (exact) mass is 353 g/mol. The number of nitrogens with one attached hydrogen (secondary N) is 1. The molecule has 1 fully saturated rings. The normalized spacial score (nSPS) is 14.5. The SMILES string of the molecule is CCCCC(CN)NC(=O)c1ccccc1N(C)C(=O)C1CC1.Cl. The van der Waals surface area contributed by atoms with Gasteiger partial charge in [0, 0.05) is 25.6 Å². The Hall–Kier alpha value is -1.59. The molecule has 1 atom stereocenters. The van der Waals surface area contributed by atoms with Gasteiger partial charge >= 0.3 is 0 Å². The van der Waals surface area contributed by atoms with Gasteiger partial charge < -0.3 is 16.0 Å². The van der Waals surface area contributed by atoms with Crippen molar-refractivity contribution in [3.63, 3.8) is 0 Å². The summed E-state index contributed by atoms with van der Waals surface area (Å²) in [7, 11) is 1.74. The van der Waals surface area contributed by atoms with Crippen LogP contribution in [0, 0.1) is 5.92 Å².